The molecule has 0 aliphatic carbocycles. The van der Waals surface area contributed by atoms with E-state index < -0.39 is 10.8 Å². The quantitative estimate of drug-likeness (QED) is 0.605. The lowest BCUT2D eigenvalue weighted by Crippen LogP contribution is -2.20. The van der Waals surface area contributed by atoms with E-state index in [9.17, 15) is 14.9 Å². The molecule has 92 valence electrons. The Morgan fingerprint density at radius 3 is 2.59 bits per heavy atom. The molecule has 0 spiro atoms. The van der Waals surface area contributed by atoms with Gasteiger partial charge in [0.15, 0.2) is 0 Å². The topological polar surface area (TPSA) is 89.5 Å². The second-order valence-electron chi connectivity index (χ2n) is 3.99. The van der Waals surface area contributed by atoms with Gasteiger partial charge < -0.3 is 10.6 Å². The van der Waals surface area contributed by atoms with E-state index in [1.165, 1.54) is 6.07 Å². The van der Waals surface area contributed by atoms with Gasteiger partial charge >= 0.3 is 0 Å². The third-order valence-corrected chi connectivity index (χ3v) is 2.40. The average molecular weight is 237 g/mol. The number of hydrogen-bond acceptors (Lipinski definition) is 4. The Bertz CT molecular complexity index is 444. The minimum Gasteiger partial charge on any atom is -0.365 e. The maximum atomic E-state index is 11.3. The fraction of sp³-hybridized carbons (Fsp3) is 0.364. The standard InChI is InChI=1S/C11H15N3O3/c1-13(2)7-6-8-4-3-5-9(14(16)17)10(8)11(12)15/h3-5H,6-7H2,1-2H3,(H2,12,15). The molecule has 0 aliphatic heterocycles. The second-order valence-corrected chi connectivity index (χ2v) is 3.99. The van der Waals surface area contributed by atoms with Gasteiger partial charge in [0.05, 0.1) is 4.92 Å². The number of benzene rings is 1. The molecule has 0 atom stereocenters. The van der Waals surface area contributed by atoms with Crippen LogP contribution < -0.4 is 5.73 Å². The molecule has 1 rings (SSSR count). The van der Waals surface area contributed by atoms with Crippen LogP contribution in [-0.4, -0.2) is 36.4 Å². The molecule has 1 aromatic carbocycles. The second kappa shape index (κ2) is 5.40. The number of nitrogens with zero attached hydrogens (tertiary/aromatic N) is 2. The van der Waals surface area contributed by atoms with Crippen molar-refractivity contribution in [3.8, 4) is 0 Å². The lowest BCUT2D eigenvalue weighted by atomic mass is 10.0. The van der Waals surface area contributed by atoms with E-state index in [-0.39, 0.29) is 11.3 Å². The van der Waals surface area contributed by atoms with Crippen molar-refractivity contribution in [1.29, 1.82) is 0 Å². The first-order chi connectivity index (χ1) is 7.93. The fourth-order valence-corrected chi connectivity index (χ4v) is 1.58. The first kappa shape index (κ1) is 13.1. The summed E-state index contributed by atoms with van der Waals surface area (Å²) in [5, 5.41) is 10.8. The Morgan fingerprint density at radius 2 is 2.12 bits per heavy atom. The molecule has 0 saturated carbocycles. The number of amides is 1. The Labute approximate surface area is 99.2 Å². The van der Waals surface area contributed by atoms with E-state index in [0.717, 1.165) is 0 Å². The van der Waals surface area contributed by atoms with E-state index >= 15 is 0 Å². The van der Waals surface area contributed by atoms with Gasteiger partial charge in [0.1, 0.15) is 5.56 Å². The number of hydrogen-bond donors (Lipinski definition) is 1. The molecular weight excluding hydrogens is 222 g/mol. The average Bonchev–Trinajstić information content (AvgIpc) is 2.25. The Hall–Kier alpha value is -1.95. The van der Waals surface area contributed by atoms with Gasteiger partial charge in [-0.1, -0.05) is 12.1 Å². The van der Waals surface area contributed by atoms with Crippen LogP contribution in [0.5, 0.6) is 0 Å². The first-order valence-corrected chi connectivity index (χ1v) is 5.14. The van der Waals surface area contributed by atoms with Crippen molar-refractivity contribution >= 4 is 11.6 Å². The van der Waals surface area contributed by atoms with Crippen LogP contribution in [0.1, 0.15) is 15.9 Å². The zero-order valence-corrected chi connectivity index (χ0v) is 9.84. The van der Waals surface area contributed by atoms with Gasteiger partial charge in [-0.15, -0.1) is 0 Å². The van der Waals surface area contributed by atoms with Gasteiger partial charge in [-0.25, -0.2) is 0 Å². The molecule has 1 amide bonds. The summed E-state index contributed by atoms with van der Waals surface area (Å²) in [6, 6.07) is 4.55. The molecule has 0 heterocycles. The lowest BCUT2D eigenvalue weighted by Gasteiger charge is -2.11. The highest BCUT2D eigenvalue weighted by molar-refractivity contribution is 5.98. The van der Waals surface area contributed by atoms with Crippen LogP contribution in [0.3, 0.4) is 0 Å². The van der Waals surface area contributed by atoms with Gasteiger partial charge in [-0.2, -0.15) is 0 Å². The van der Waals surface area contributed by atoms with Crippen LogP contribution in [0.25, 0.3) is 0 Å². The summed E-state index contributed by atoms with van der Waals surface area (Å²) in [5.41, 5.74) is 5.60. The van der Waals surface area contributed by atoms with Crippen LogP contribution in [0, 0.1) is 10.1 Å². The van der Waals surface area contributed by atoms with Gasteiger partial charge in [-0.3, -0.25) is 14.9 Å². The van der Waals surface area contributed by atoms with Crippen LogP contribution in [0.15, 0.2) is 18.2 Å². The summed E-state index contributed by atoms with van der Waals surface area (Å²) < 4.78 is 0. The first-order valence-electron chi connectivity index (χ1n) is 5.14. The maximum Gasteiger partial charge on any atom is 0.282 e. The molecule has 0 saturated heterocycles. The van der Waals surface area contributed by atoms with Crippen molar-refractivity contribution in [2.45, 2.75) is 6.42 Å². The fourth-order valence-electron chi connectivity index (χ4n) is 1.58. The molecule has 0 fully saturated rings. The molecule has 0 unspecified atom stereocenters. The Balaban J connectivity index is 3.16. The predicted octanol–water partition coefficient (Wildman–Crippen LogP) is 0.798. The van der Waals surface area contributed by atoms with E-state index in [1.807, 2.05) is 19.0 Å². The maximum absolute atomic E-state index is 11.3. The molecule has 0 aromatic heterocycles. The number of rotatable bonds is 5. The number of carbonyl (C=O) groups excluding carboxylic acids is 1. The molecular formula is C11H15N3O3. The van der Waals surface area contributed by atoms with Crippen molar-refractivity contribution in [3.63, 3.8) is 0 Å². The third-order valence-electron chi connectivity index (χ3n) is 2.40. The Morgan fingerprint density at radius 1 is 1.47 bits per heavy atom. The highest BCUT2D eigenvalue weighted by Crippen LogP contribution is 2.22. The molecule has 2 N–H and O–H groups in total. The zero-order chi connectivity index (χ0) is 13.0. The zero-order valence-electron chi connectivity index (χ0n) is 9.84. The van der Waals surface area contributed by atoms with Crippen molar-refractivity contribution in [1.82, 2.24) is 4.90 Å². The largest absolute Gasteiger partial charge is 0.365 e. The number of nitrogens with two attached hydrogens (primary N) is 1. The number of carbonyl (C=O) groups is 1. The van der Waals surface area contributed by atoms with Crippen LogP contribution >= 0.6 is 0 Å². The number of primary amides is 1. The SMILES string of the molecule is CN(C)CCc1cccc([N+](=O)[O-])c1C(N)=O. The molecule has 6 nitrogen and oxygen atoms in total. The molecule has 6 heteroatoms. The van der Waals surface area contributed by atoms with E-state index in [0.29, 0.717) is 18.5 Å². The summed E-state index contributed by atoms with van der Waals surface area (Å²) in [7, 11) is 3.78. The van der Waals surface area contributed by atoms with Gasteiger partial charge in [0, 0.05) is 12.6 Å². The van der Waals surface area contributed by atoms with Crippen molar-refractivity contribution < 1.29 is 9.72 Å². The van der Waals surface area contributed by atoms with E-state index in [2.05, 4.69) is 0 Å². The third kappa shape index (κ3) is 3.25. The van der Waals surface area contributed by atoms with Crippen LogP contribution in [-0.2, 0) is 6.42 Å². The van der Waals surface area contributed by atoms with Gasteiger partial charge in [0.25, 0.3) is 11.6 Å². The monoisotopic (exact) mass is 237 g/mol. The highest BCUT2D eigenvalue weighted by Gasteiger charge is 2.21. The van der Waals surface area contributed by atoms with Crippen LogP contribution in [0.4, 0.5) is 5.69 Å². The van der Waals surface area contributed by atoms with Crippen LogP contribution in [0.2, 0.25) is 0 Å². The number of nitro groups is 1. The van der Waals surface area contributed by atoms with Gasteiger partial charge in [0.2, 0.25) is 0 Å². The highest BCUT2D eigenvalue weighted by atomic mass is 16.6. The molecule has 17 heavy (non-hydrogen) atoms. The van der Waals surface area contributed by atoms with E-state index in [1.54, 1.807) is 12.1 Å². The normalized spacial score (nSPS) is 10.5. The summed E-state index contributed by atoms with van der Waals surface area (Å²) >= 11 is 0. The molecule has 0 bridgehead atoms. The van der Waals surface area contributed by atoms with Gasteiger partial charge in [-0.05, 0) is 26.1 Å². The predicted molar refractivity (Wildman–Crippen MR) is 63.9 cm³/mol. The summed E-state index contributed by atoms with van der Waals surface area (Å²) in [6.45, 7) is 0.696. The number of nitro benzene ring substituents is 1. The minimum absolute atomic E-state index is 0.0133. The summed E-state index contributed by atoms with van der Waals surface area (Å²) in [5.74, 6) is -0.758. The molecule has 1 aromatic rings. The smallest absolute Gasteiger partial charge is 0.282 e. The van der Waals surface area contributed by atoms with Crippen molar-refractivity contribution in [3.05, 3.63) is 39.4 Å². The lowest BCUT2D eigenvalue weighted by molar-refractivity contribution is -0.385. The molecule has 0 radical (unpaired) electrons. The van der Waals surface area contributed by atoms with Crippen molar-refractivity contribution in [2.75, 3.05) is 20.6 Å². The summed E-state index contributed by atoms with van der Waals surface area (Å²) in [4.78, 5) is 23.4. The molecule has 0 aliphatic rings. The number of likely N-dealkylation sites (N-methyl/N-ethyl adjacent to an activating group) is 1. The Kier molecular flexibility index (Phi) is 4.17. The minimum atomic E-state index is -0.758. The summed E-state index contributed by atoms with van der Waals surface area (Å²) in [6.07, 6.45) is 0.549. The van der Waals surface area contributed by atoms with Crippen molar-refractivity contribution in [2.24, 2.45) is 5.73 Å². The van der Waals surface area contributed by atoms with E-state index in [4.69, 9.17) is 5.73 Å².